The van der Waals surface area contributed by atoms with E-state index in [4.69, 9.17) is 0 Å². The van der Waals surface area contributed by atoms with Gasteiger partial charge in [0.25, 0.3) is 0 Å². The predicted molar refractivity (Wildman–Crippen MR) is 104 cm³/mol. The standard InChI is InChI=1S/C22H29NO2/c1-14(2)19-13-17(7-8-20(19)24)22(25)21-15(3)11-18(12-16(21)4)23-9-5-6-10-23/h7-8,11-14,22,24-25H,5-6,9-10H2,1-4H3. The summed E-state index contributed by atoms with van der Waals surface area (Å²) in [6.45, 7) is 10.5. The van der Waals surface area contributed by atoms with Gasteiger partial charge in [0.2, 0.25) is 0 Å². The fourth-order valence-electron chi connectivity index (χ4n) is 3.91. The third-order valence-corrected chi connectivity index (χ3v) is 5.31. The molecule has 1 aliphatic heterocycles. The number of benzene rings is 2. The van der Waals surface area contributed by atoms with Crippen LogP contribution in [0.25, 0.3) is 0 Å². The fraction of sp³-hybridized carbons (Fsp3) is 0.455. The molecule has 2 aromatic carbocycles. The van der Waals surface area contributed by atoms with E-state index >= 15 is 0 Å². The Hall–Kier alpha value is -2.00. The predicted octanol–water partition coefficient (Wildman–Crippen LogP) is 4.81. The number of hydrogen-bond acceptors (Lipinski definition) is 3. The van der Waals surface area contributed by atoms with Crippen LogP contribution in [0, 0.1) is 13.8 Å². The Balaban J connectivity index is 1.97. The van der Waals surface area contributed by atoms with Crippen molar-refractivity contribution in [2.75, 3.05) is 18.0 Å². The minimum Gasteiger partial charge on any atom is -0.508 e. The van der Waals surface area contributed by atoms with E-state index in [9.17, 15) is 10.2 Å². The first-order chi connectivity index (χ1) is 11.9. The molecule has 3 nitrogen and oxygen atoms in total. The monoisotopic (exact) mass is 339 g/mol. The molecule has 0 bridgehead atoms. The summed E-state index contributed by atoms with van der Waals surface area (Å²) in [7, 11) is 0. The van der Waals surface area contributed by atoms with Gasteiger partial charge in [-0.15, -0.1) is 0 Å². The van der Waals surface area contributed by atoms with Crippen molar-refractivity contribution in [2.45, 2.75) is 52.6 Å². The summed E-state index contributed by atoms with van der Waals surface area (Å²) < 4.78 is 0. The molecule has 0 amide bonds. The smallest absolute Gasteiger partial charge is 0.119 e. The summed E-state index contributed by atoms with van der Waals surface area (Å²) in [5.41, 5.74) is 6.18. The molecule has 2 aromatic rings. The minimum atomic E-state index is -0.675. The maximum Gasteiger partial charge on any atom is 0.119 e. The molecular formula is C22H29NO2. The number of phenolic OH excluding ortho intramolecular Hbond substituents is 1. The lowest BCUT2D eigenvalue weighted by Crippen LogP contribution is -2.18. The van der Waals surface area contributed by atoms with Crippen molar-refractivity contribution in [3.8, 4) is 5.75 Å². The maximum absolute atomic E-state index is 11.0. The van der Waals surface area contributed by atoms with E-state index in [0.717, 1.165) is 40.9 Å². The Morgan fingerprint density at radius 3 is 2.12 bits per heavy atom. The van der Waals surface area contributed by atoms with Crippen molar-refractivity contribution >= 4 is 5.69 Å². The number of aliphatic hydroxyl groups excluding tert-OH is 1. The van der Waals surface area contributed by atoms with Crippen LogP contribution >= 0.6 is 0 Å². The van der Waals surface area contributed by atoms with Crippen molar-refractivity contribution in [2.24, 2.45) is 0 Å². The van der Waals surface area contributed by atoms with Crippen LogP contribution in [0.15, 0.2) is 30.3 Å². The van der Waals surface area contributed by atoms with E-state index in [1.807, 2.05) is 26.0 Å². The molecule has 0 spiro atoms. The molecule has 0 radical (unpaired) electrons. The molecule has 0 aliphatic carbocycles. The summed E-state index contributed by atoms with van der Waals surface area (Å²) >= 11 is 0. The van der Waals surface area contributed by atoms with Crippen molar-refractivity contribution in [1.29, 1.82) is 0 Å². The van der Waals surface area contributed by atoms with Gasteiger partial charge >= 0.3 is 0 Å². The molecule has 1 fully saturated rings. The van der Waals surface area contributed by atoms with E-state index in [1.165, 1.54) is 18.5 Å². The van der Waals surface area contributed by atoms with Gasteiger partial charge in [-0.2, -0.15) is 0 Å². The van der Waals surface area contributed by atoms with Crippen LogP contribution in [0.1, 0.15) is 66.5 Å². The highest BCUT2D eigenvalue weighted by atomic mass is 16.3. The Morgan fingerprint density at radius 2 is 1.56 bits per heavy atom. The van der Waals surface area contributed by atoms with Crippen molar-refractivity contribution in [1.82, 2.24) is 0 Å². The summed E-state index contributed by atoms with van der Waals surface area (Å²) in [5, 5.41) is 21.0. The number of anilines is 1. The van der Waals surface area contributed by atoms with Crippen LogP contribution in [0.5, 0.6) is 5.75 Å². The van der Waals surface area contributed by atoms with Crippen molar-refractivity contribution in [3.05, 3.63) is 58.1 Å². The zero-order valence-electron chi connectivity index (χ0n) is 15.7. The molecule has 1 heterocycles. The Morgan fingerprint density at radius 1 is 0.960 bits per heavy atom. The highest BCUT2D eigenvalue weighted by Gasteiger charge is 2.20. The first-order valence-corrected chi connectivity index (χ1v) is 9.25. The van der Waals surface area contributed by atoms with Crippen LogP contribution in [-0.2, 0) is 0 Å². The second-order valence-electron chi connectivity index (χ2n) is 7.56. The zero-order valence-corrected chi connectivity index (χ0v) is 15.7. The molecule has 2 N–H and O–H groups in total. The quantitative estimate of drug-likeness (QED) is 0.840. The second-order valence-corrected chi connectivity index (χ2v) is 7.56. The number of nitrogens with zero attached hydrogens (tertiary/aromatic N) is 1. The van der Waals surface area contributed by atoms with E-state index in [0.29, 0.717) is 5.75 Å². The first kappa shape index (κ1) is 17.8. The SMILES string of the molecule is Cc1cc(N2CCCC2)cc(C)c1C(O)c1ccc(O)c(C(C)C)c1. The largest absolute Gasteiger partial charge is 0.508 e. The number of hydrogen-bond donors (Lipinski definition) is 2. The lowest BCUT2D eigenvalue weighted by atomic mass is 9.90. The third-order valence-electron chi connectivity index (χ3n) is 5.31. The van der Waals surface area contributed by atoms with Gasteiger partial charge in [0.15, 0.2) is 0 Å². The van der Waals surface area contributed by atoms with E-state index in [2.05, 4.69) is 30.9 Å². The molecule has 1 saturated heterocycles. The Kier molecular flexibility index (Phi) is 5.05. The maximum atomic E-state index is 11.0. The van der Waals surface area contributed by atoms with E-state index in [-0.39, 0.29) is 5.92 Å². The minimum absolute atomic E-state index is 0.215. The number of aromatic hydroxyl groups is 1. The van der Waals surface area contributed by atoms with Gasteiger partial charge in [-0.3, -0.25) is 0 Å². The molecule has 3 rings (SSSR count). The summed E-state index contributed by atoms with van der Waals surface area (Å²) in [5.74, 6) is 0.510. The molecule has 134 valence electrons. The number of aliphatic hydroxyl groups is 1. The molecule has 3 heteroatoms. The lowest BCUT2D eigenvalue weighted by Gasteiger charge is -2.23. The van der Waals surface area contributed by atoms with E-state index in [1.54, 1.807) is 6.07 Å². The van der Waals surface area contributed by atoms with Gasteiger partial charge in [-0.25, -0.2) is 0 Å². The molecule has 1 aliphatic rings. The molecule has 25 heavy (non-hydrogen) atoms. The average Bonchev–Trinajstić information content (AvgIpc) is 3.08. The van der Waals surface area contributed by atoms with Crippen LogP contribution in [-0.4, -0.2) is 23.3 Å². The lowest BCUT2D eigenvalue weighted by molar-refractivity contribution is 0.218. The fourth-order valence-corrected chi connectivity index (χ4v) is 3.91. The molecular weight excluding hydrogens is 310 g/mol. The zero-order chi connectivity index (χ0) is 18.1. The Bertz CT molecular complexity index is 738. The van der Waals surface area contributed by atoms with Gasteiger partial charge in [0, 0.05) is 18.8 Å². The first-order valence-electron chi connectivity index (χ1n) is 9.25. The number of phenols is 1. The Labute approximate surface area is 150 Å². The van der Waals surface area contributed by atoms with Crippen LogP contribution in [0.4, 0.5) is 5.69 Å². The summed E-state index contributed by atoms with van der Waals surface area (Å²) in [4.78, 5) is 2.42. The van der Waals surface area contributed by atoms with Gasteiger partial charge in [0.05, 0.1) is 0 Å². The highest BCUT2D eigenvalue weighted by Crippen LogP contribution is 2.35. The third kappa shape index (κ3) is 3.52. The van der Waals surface area contributed by atoms with E-state index < -0.39 is 6.10 Å². The van der Waals surface area contributed by atoms with Gasteiger partial charge in [-0.05, 0) is 84.7 Å². The second kappa shape index (κ2) is 7.09. The molecule has 0 saturated carbocycles. The molecule has 1 unspecified atom stereocenters. The van der Waals surface area contributed by atoms with Gasteiger partial charge < -0.3 is 15.1 Å². The van der Waals surface area contributed by atoms with Crippen LogP contribution < -0.4 is 4.90 Å². The molecule has 0 aromatic heterocycles. The average molecular weight is 339 g/mol. The van der Waals surface area contributed by atoms with Crippen LogP contribution in [0.3, 0.4) is 0 Å². The molecule has 1 atom stereocenters. The highest BCUT2D eigenvalue weighted by molar-refractivity contribution is 5.56. The van der Waals surface area contributed by atoms with Crippen molar-refractivity contribution < 1.29 is 10.2 Å². The number of rotatable bonds is 4. The normalized spacial score (nSPS) is 15.8. The number of aryl methyl sites for hydroxylation is 2. The summed E-state index contributed by atoms with van der Waals surface area (Å²) in [6, 6.07) is 9.83. The van der Waals surface area contributed by atoms with Crippen LogP contribution in [0.2, 0.25) is 0 Å². The topological polar surface area (TPSA) is 43.7 Å². The van der Waals surface area contributed by atoms with Gasteiger partial charge in [0.1, 0.15) is 11.9 Å². The van der Waals surface area contributed by atoms with Gasteiger partial charge in [-0.1, -0.05) is 19.9 Å². The van der Waals surface area contributed by atoms with Crippen molar-refractivity contribution in [3.63, 3.8) is 0 Å². The summed E-state index contributed by atoms with van der Waals surface area (Å²) in [6.07, 6.45) is 1.84.